The van der Waals surface area contributed by atoms with Gasteiger partial charge in [-0.1, -0.05) is 25.0 Å². The Morgan fingerprint density at radius 2 is 1.65 bits per heavy atom. The van der Waals surface area contributed by atoms with Crippen LogP contribution in [0.2, 0.25) is 0 Å². The first-order valence-corrected chi connectivity index (χ1v) is 9.48. The molecule has 0 radical (unpaired) electrons. The molecule has 2 aliphatic rings. The van der Waals surface area contributed by atoms with Gasteiger partial charge in [-0.25, -0.2) is 12.8 Å². The van der Waals surface area contributed by atoms with Gasteiger partial charge in [0.25, 0.3) is 5.91 Å². The van der Waals surface area contributed by atoms with Gasteiger partial charge in [-0.15, -0.1) is 0 Å². The minimum atomic E-state index is -1.03. The summed E-state index contributed by atoms with van der Waals surface area (Å²) in [5, 5.41) is 0. The van der Waals surface area contributed by atoms with Crippen LogP contribution in [-0.4, -0.2) is 56.9 Å². The number of benzene rings is 1. The molecule has 2 saturated heterocycles. The molecule has 2 heterocycles. The zero-order valence-corrected chi connectivity index (χ0v) is 14.6. The third kappa shape index (κ3) is 4.00. The minimum absolute atomic E-state index is 0.142. The number of carbonyl (C=O) groups excluding carboxylic acids is 1. The van der Waals surface area contributed by atoms with Gasteiger partial charge in [0.15, 0.2) is 11.2 Å². The summed E-state index contributed by atoms with van der Waals surface area (Å²) in [5.41, 5.74) is 1.86. The van der Waals surface area contributed by atoms with Crippen LogP contribution in [0.4, 0.5) is 0 Å². The molecule has 23 heavy (non-hydrogen) atoms. The summed E-state index contributed by atoms with van der Waals surface area (Å²) in [7, 11) is 1.87. The molecule has 126 valence electrons. The highest BCUT2D eigenvalue weighted by atomic mass is 32.2. The van der Waals surface area contributed by atoms with Crippen molar-refractivity contribution in [1.29, 1.82) is 0 Å². The number of hydrogen-bond donors (Lipinski definition) is 0. The van der Waals surface area contributed by atoms with E-state index in [1.807, 2.05) is 44.8 Å². The van der Waals surface area contributed by atoms with Crippen LogP contribution in [0, 0.1) is 0 Å². The fourth-order valence-corrected chi connectivity index (χ4v) is 4.28. The van der Waals surface area contributed by atoms with E-state index in [2.05, 4.69) is 0 Å². The Hall–Kier alpha value is -1.24. The molecule has 5 nitrogen and oxygen atoms in total. The number of amides is 1. The molecule has 0 saturated carbocycles. The van der Waals surface area contributed by atoms with Crippen LogP contribution in [0.25, 0.3) is 0 Å². The molecule has 0 spiro atoms. The number of likely N-dealkylation sites (N-methyl/N-ethyl adjacent to an activating group) is 1. The van der Waals surface area contributed by atoms with E-state index in [9.17, 15) is 9.00 Å². The molecule has 1 atom stereocenters. The highest BCUT2D eigenvalue weighted by Crippen LogP contribution is 2.17. The van der Waals surface area contributed by atoms with Crippen molar-refractivity contribution in [3.63, 3.8) is 0 Å². The molecule has 3 rings (SSSR count). The third-order valence-electron chi connectivity index (χ3n) is 4.60. The zero-order valence-electron chi connectivity index (χ0n) is 13.7. The predicted octanol–water partition coefficient (Wildman–Crippen LogP) is 2.03. The van der Waals surface area contributed by atoms with E-state index >= 15 is 0 Å². The Morgan fingerprint density at radius 1 is 1.00 bits per heavy atom. The number of nitrogens with zero attached hydrogens (tertiary/aromatic N) is 3. The zero-order chi connectivity index (χ0) is 16.2. The summed E-state index contributed by atoms with van der Waals surface area (Å²) in [4.78, 5) is 14.5. The molecule has 1 aromatic rings. The molecule has 1 aromatic carbocycles. The molecule has 2 aliphatic heterocycles. The maximum absolute atomic E-state index is 12.6. The Bertz CT molecular complexity index is 568. The lowest BCUT2D eigenvalue weighted by molar-refractivity contribution is 0.0761. The maximum Gasteiger partial charge on any atom is 0.253 e. The monoisotopic (exact) mass is 335 g/mol. The van der Waals surface area contributed by atoms with E-state index in [1.54, 1.807) is 0 Å². The van der Waals surface area contributed by atoms with E-state index in [0.717, 1.165) is 50.1 Å². The molecular formula is C17H25N3O2S. The second-order valence-corrected chi connectivity index (χ2v) is 7.95. The van der Waals surface area contributed by atoms with E-state index in [-0.39, 0.29) is 5.91 Å². The van der Waals surface area contributed by atoms with E-state index in [1.165, 1.54) is 12.8 Å². The van der Waals surface area contributed by atoms with Gasteiger partial charge in [0.1, 0.15) is 0 Å². The average Bonchev–Trinajstić information content (AvgIpc) is 2.79. The third-order valence-corrected chi connectivity index (χ3v) is 6.07. The first kappa shape index (κ1) is 16.6. The Kier molecular flexibility index (Phi) is 5.46. The van der Waals surface area contributed by atoms with Crippen molar-refractivity contribution >= 4 is 17.1 Å². The van der Waals surface area contributed by atoms with Gasteiger partial charge in [0, 0.05) is 45.3 Å². The predicted molar refractivity (Wildman–Crippen MR) is 92.0 cm³/mol. The fraction of sp³-hybridized carbons (Fsp3) is 0.588. The molecule has 0 N–H and O–H groups in total. The van der Waals surface area contributed by atoms with Crippen molar-refractivity contribution in [3.05, 3.63) is 35.4 Å². The number of likely N-dealkylation sites (tertiary alicyclic amines) is 1. The van der Waals surface area contributed by atoms with Gasteiger partial charge in [-0.3, -0.25) is 4.79 Å². The Balaban J connectivity index is 1.62. The molecule has 0 aliphatic carbocycles. The SMILES string of the molecule is CN1CCN(Cc2ccc(C(=O)N3CCCCCC3)cc2)S1=O. The largest absolute Gasteiger partial charge is 0.339 e. The van der Waals surface area contributed by atoms with Crippen LogP contribution < -0.4 is 0 Å². The van der Waals surface area contributed by atoms with Crippen LogP contribution in [-0.2, 0) is 17.7 Å². The summed E-state index contributed by atoms with van der Waals surface area (Å²) in [6.07, 6.45) is 4.67. The molecule has 0 bridgehead atoms. The van der Waals surface area contributed by atoms with Gasteiger partial charge < -0.3 is 4.90 Å². The fourth-order valence-electron chi connectivity index (χ4n) is 3.15. The summed E-state index contributed by atoms with van der Waals surface area (Å²) < 4.78 is 15.8. The number of hydrogen-bond acceptors (Lipinski definition) is 2. The van der Waals surface area contributed by atoms with Crippen molar-refractivity contribution < 1.29 is 9.00 Å². The van der Waals surface area contributed by atoms with Crippen molar-refractivity contribution in [2.24, 2.45) is 0 Å². The molecule has 6 heteroatoms. The van der Waals surface area contributed by atoms with Crippen molar-refractivity contribution in [3.8, 4) is 0 Å². The lowest BCUT2D eigenvalue weighted by atomic mass is 10.1. The number of rotatable bonds is 3. The standard InChI is InChI=1S/C17H25N3O2S/c1-18-12-13-20(23(18)22)14-15-6-8-16(9-7-15)17(21)19-10-4-2-3-5-11-19/h6-9H,2-5,10-14H2,1H3. The molecule has 1 amide bonds. The normalized spacial score (nSPS) is 23.9. The molecule has 0 aromatic heterocycles. The Labute approximate surface area is 141 Å². The highest BCUT2D eigenvalue weighted by molar-refractivity contribution is 7.80. The van der Waals surface area contributed by atoms with Gasteiger partial charge >= 0.3 is 0 Å². The lowest BCUT2D eigenvalue weighted by Crippen LogP contribution is -2.31. The summed E-state index contributed by atoms with van der Waals surface area (Å²) in [6, 6.07) is 7.79. The molecule has 1 unspecified atom stereocenters. The topological polar surface area (TPSA) is 43.9 Å². The van der Waals surface area contributed by atoms with Gasteiger partial charge in [0.05, 0.1) is 0 Å². The lowest BCUT2D eigenvalue weighted by Gasteiger charge is -2.20. The van der Waals surface area contributed by atoms with Gasteiger partial charge in [-0.2, -0.15) is 0 Å². The minimum Gasteiger partial charge on any atom is -0.339 e. The summed E-state index contributed by atoms with van der Waals surface area (Å²) in [5.74, 6) is 0.142. The second-order valence-electron chi connectivity index (χ2n) is 6.35. The van der Waals surface area contributed by atoms with Crippen molar-refractivity contribution in [2.45, 2.75) is 32.2 Å². The maximum atomic E-state index is 12.6. The highest BCUT2D eigenvalue weighted by Gasteiger charge is 2.25. The molecular weight excluding hydrogens is 310 g/mol. The van der Waals surface area contributed by atoms with Crippen LogP contribution in [0.5, 0.6) is 0 Å². The van der Waals surface area contributed by atoms with Crippen LogP contribution in [0.1, 0.15) is 41.6 Å². The second kappa shape index (κ2) is 7.55. The van der Waals surface area contributed by atoms with Crippen LogP contribution in [0.15, 0.2) is 24.3 Å². The van der Waals surface area contributed by atoms with Crippen molar-refractivity contribution in [1.82, 2.24) is 13.5 Å². The summed E-state index contributed by atoms with van der Waals surface area (Å²) in [6.45, 7) is 4.06. The average molecular weight is 335 g/mol. The smallest absolute Gasteiger partial charge is 0.253 e. The van der Waals surface area contributed by atoms with Gasteiger partial charge in [0.2, 0.25) is 0 Å². The van der Waals surface area contributed by atoms with E-state index in [4.69, 9.17) is 0 Å². The van der Waals surface area contributed by atoms with E-state index in [0.29, 0.717) is 6.54 Å². The van der Waals surface area contributed by atoms with Crippen LogP contribution >= 0.6 is 0 Å². The first-order valence-electron chi connectivity index (χ1n) is 8.41. The molecule has 2 fully saturated rings. The Morgan fingerprint density at radius 3 is 2.22 bits per heavy atom. The summed E-state index contributed by atoms with van der Waals surface area (Å²) >= 11 is -1.03. The van der Waals surface area contributed by atoms with Crippen LogP contribution in [0.3, 0.4) is 0 Å². The quantitative estimate of drug-likeness (QED) is 0.848. The van der Waals surface area contributed by atoms with E-state index < -0.39 is 11.2 Å². The van der Waals surface area contributed by atoms with Gasteiger partial charge in [-0.05, 0) is 30.5 Å². The van der Waals surface area contributed by atoms with Crippen molar-refractivity contribution in [2.75, 3.05) is 33.2 Å². The number of carbonyl (C=O) groups is 1. The first-order chi connectivity index (χ1) is 11.1.